The lowest BCUT2D eigenvalue weighted by Gasteiger charge is -2.07. The van der Waals surface area contributed by atoms with Gasteiger partial charge < -0.3 is 20.4 Å². The van der Waals surface area contributed by atoms with Gasteiger partial charge in [-0.25, -0.2) is 4.98 Å². The zero-order chi connectivity index (χ0) is 15.2. The standard InChI is InChI=1S/C14H16N4O3/c1-9-7-12(13(15)18-19)17-14(16-9)21-8-10-3-5-11(20-2)6-4-10/h3-7,19H,8H2,1-2H3,(H2,15,18). The molecule has 21 heavy (non-hydrogen) atoms. The van der Waals surface area contributed by atoms with E-state index in [1.165, 1.54) is 0 Å². The van der Waals surface area contributed by atoms with Gasteiger partial charge in [-0.2, -0.15) is 4.98 Å². The Balaban J connectivity index is 2.10. The third kappa shape index (κ3) is 3.82. The van der Waals surface area contributed by atoms with Gasteiger partial charge in [-0.15, -0.1) is 0 Å². The lowest BCUT2D eigenvalue weighted by atomic mass is 10.2. The molecule has 7 nitrogen and oxygen atoms in total. The number of amidine groups is 1. The minimum atomic E-state index is -0.0882. The summed E-state index contributed by atoms with van der Waals surface area (Å²) in [6.45, 7) is 2.08. The first-order valence-electron chi connectivity index (χ1n) is 6.21. The van der Waals surface area contributed by atoms with Crippen LogP contribution in [-0.4, -0.2) is 28.1 Å². The maximum atomic E-state index is 8.68. The van der Waals surface area contributed by atoms with Crippen LogP contribution in [0.2, 0.25) is 0 Å². The molecule has 2 rings (SSSR count). The molecule has 0 bridgehead atoms. The number of benzene rings is 1. The number of oxime groups is 1. The Morgan fingerprint density at radius 3 is 2.62 bits per heavy atom. The van der Waals surface area contributed by atoms with Gasteiger partial charge >= 0.3 is 6.01 Å². The second-order valence-corrected chi connectivity index (χ2v) is 4.30. The minimum Gasteiger partial charge on any atom is -0.497 e. The van der Waals surface area contributed by atoms with Gasteiger partial charge in [0.1, 0.15) is 18.1 Å². The molecular weight excluding hydrogens is 272 g/mol. The van der Waals surface area contributed by atoms with E-state index in [1.807, 2.05) is 24.3 Å². The summed E-state index contributed by atoms with van der Waals surface area (Å²) < 4.78 is 10.6. The van der Waals surface area contributed by atoms with Crippen molar-refractivity contribution in [2.45, 2.75) is 13.5 Å². The van der Waals surface area contributed by atoms with E-state index in [2.05, 4.69) is 15.1 Å². The Hall–Kier alpha value is -2.83. The monoisotopic (exact) mass is 288 g/mol. The van der Waals surface area contributed by atoms with Gasteiger partial charge in [-0.05, 0) is 30.7 Å². The Morgan fingerprint density at radius 1 is 1.29 bits per heavy atom. The number of hydrogen-bond donors (Lipinski definition) is 2. The SMILES string of the molecule is COc1ccc(COc2nc(C)cc(/C(N)=N/O)n2)cc1. The molecule has 110 valence electrons. The van der Waals surface area contributed by atoms with Gasteiger partial charge in [-0.1, -0.05) is 17.3 Å². The second-order valence-electron chi connectivity index (χ2n) is 4.30. The third-order valence-corrected chi connectivity index (χ3v) is 2.73. The molecule has 1 aromatic carbocycles. The summed E-state index contributed by atoms with van der Waals surface area (Å²) >= 11 is 0. The molecule has 0 aliphatic rings. The summed E-state index contributed by atoms with van der Waals surface area (Å²) in [5.74, 6) is 0.689. The van der Waals surface area contributed by atoms with Crippen LogP contribution in [0, 0.1) is 6.92 Å². The molecule has 7 heteroatoms. The van der Waals surface area contributed by atoms with Crippen LogP contribution in [0.5, 0.6) is 11.8 Å². The maximum Gasteiger partial charge on any atom is 0.317 e. The van der Waals surface area contributed by atoms with Gasteiger partial charge in [0.15, 0.2) is 5.84 Å². The highest BCUT2D eigenvalue weighted by Crippen LogP contribution is 2.13. The second kappa shape index (κ2) is 6.56. The van der Waals surface area contributed by atoms with Crippen LogP contribution in [0.15, 0.2) is 35.5 Å². The zero-order valence-electron chi connectivity index (χ0n) is 11.8. The first kappa shape index (κ1) is 14.6. The van der Waals surface area contributed by atoms with Crippen LogP contribution in [-0.2, 0) is 6.61 Å². The van der Waals surface area contributed by atoms with E-state index in [9.17, 15) is 0 Å². The Labute approximate surface area is 122 Å². The van der Waals surface area contributed by atoms with Gasteiger partial charge in [0, 0.05) is 5.69 Å². The topological polar surface area (TPSA) is 103 Å². The van der Waals surface area contributed by atoms with Crippen LogP contribution in [0.25, 0.3) is 0 Å². The number of rotatable bonds is 5. The van der Waals surface area contributed by atoms with Crippen LogP contribution in [0.1, 0.15) is 17.0 Å². The number of ether oxygens (including phenoxy) is 2. The van der Waals surface area contributed by atoms with Crippen LogP contribution in [0.4, 0.5) is 0 Å². The van der Waals surface area contributed by atoms with Crippen molar-refractivity contribution in [2.24, 2.45) is 10.9 Å². The highest BCUT2D eigenvalue weighted by Gasteiger charge is 2.07. The Kier molecular flexibility index (Phi) is 4.55. The number of methoxy groups -OCH3 is 1. The first-order valence-corrected chi connectivity index (χ1v) is 6.21. The maximum absolute atomic E-state index is 8.68. The molecule has 0 radical (unpaired) electrons. The van der Waals surface area contributed by atoms with Gasteiger partial charge in [0.25, 0.3) is 0 Å². The molecule has 1 heterocycles. The first-order chi connectivity index (χ1) is 10.1. The molecule has 0 aliphatic heterocycles. The summed E-state index contributed by atoms with van der Waals surface area (Å²) in [5, 5.41) is 11.6. The molecule has 0 aliphatic carbocycles. The van der Waals surface area contributed by atoms with E-state index in [0.717, 1.165) is 11.3 Å². The molecule has 0 atom stereocenters. The molecular formula is C14H16N4O3. The molecule has 0 amide bonds. The van der Waals surface area contributed by atoms with Gasteiger partial charge in [0.05, 0.1) is 7.11 Å². The minimum absolute atomic E-state index is 0.0882. The van der Waals surface area contributed by atoms with Gasteiger partial charge in [0.2, 0.25) is 0 Å². The van der Waals surface area contributed by atoms with Crippen molar-refractivity contribution >= 4 is 5.84 Å². The lowest BCUT2D eigenvalue weighted by molar-refractivity contribution is 0.279. The van der Waals surface area contributed by atoms with Crippen molar-refractivity contribution in [1.29, 1.82) is 0 Å². The molecule has 2 aromatic rings. The van der Waals surface area contributed by atoms with E-state index in [1.54, 1.807) is 20.1 Å². The molecule has 0 spiro atoms. The van der Waals surface area contributed by atoms with Crippen molar-refractivity contribution in [2.75, 3.05) is 7.11 Å². The Morgan fingerprint density at radius 2 is 2.00 bits per heavy atom. The van der Waals surface area contributed by atoms with Crippen molar-refractivity contribution in [3.05, 3.63) is 47.3 Å². The van der Waals surface area contributed by atoms with Crippen LogP contribution >= 0.6 is 0 Å². The lowest BCUT2D eigenvalue weighted by Crippen LogP contribution is -2.16. The predicted molar refractivity (Wildman–Crippen MR) is 76.6 cm³/mol. The summed E-state index contributed by atoms with van der Waals surface area (Å²) in [4.78, 5) is 8.23. The summed E-state index contributed by atoms with van der Waals surface area (Å²) in [5.41, 5.74) is 7.44. The van der Waals surface area contributed by atoms with Crippen LogP contribution < -0.4 is 15.2 Å². The molecule has 0 saturated heterocycles. The van der Waals surface area contributed by atoms with Crippen molar-refractivity contribution < 1.29 is 14.7 Å². The van der Waals surface area contributed by atoms with E-state index >= 15 is 0 Å². The summed E-state index contributed by atoms with van der Waals surface area (Å²) in [6, 6.07) is 9.25. The summed E-state index contributed by atoms with van der Waals surface area (Å²) in [6.07, 6.45) is 0. The molecule has 1 aromatic heterocycles. The fraction of sp³-hybridized carbons (Fsp3) is 0.214. The molecule has 3 N–H and O–H groups in total. The quantitative estimate of drug-likeness (QED) is 0.374. The van der Waals surface area contributed by atoms with Crippen molar-refractivity contribution in [3.63, 3.8) is 0 Å². The third-order valence-electron chi connectivity index (χ3n) is 2.73. The number of nitrogens with two attached hydrogens (primary N) is 1. The van der Waals surface area contributed by atoms with Gasteiger partial charge in [-0.3, -0.25) is 0 Å². The van der Waals surface area contributed by atoms with E-state index in [4.69, 9.17) is 20.4 Å². The molecule has 0 saturated carbocycles. The van der Waals surface area contributed by atoms with Crippen molar-refractivity contribution in [1.82, 2.24) is 9.97 Å². The zero-order valence-corrected chi connectivity index (χ0v) is 11.8. The molecule has 0 unspecified atom stereocenters. The normalized spacial score (nSPS) is 11.2. The number of hydrogen-bond acceptors (Lipinski definition) is 6. The Bertz CT molecular complexity index is 641. The van der Waals surface area contributed by atoms with E-state index in [-0.39, 0.29) is 11.8 Å². The highest BCUT2D eigenvalue weighted by atomic mass is 16.5. The summed E-state index contributed by atoms with van der Waals surface area (Å²) in [7, 11) is 1.61. The van der Waals surface area contributed by atoms with Crippen LogP contribution in [0.3, 0.4) is 0 Å². The van der Waals surface area contributed by atoms with E-state index < -0.39 is 0 Å². The fourth-order valence-electron chi connectivity index (χ4n) is 1.66. The smallest absolute Gasteiger partial charge is 0.317 e. The highest BCUT2D eigenvalue weighted by molar-refractivity contribution is 5.95. The van der Waals surface area contributed by atoms with Crippen molar-refractivity contribution in [3.8, 4) is 11.8 Å². The number of aromatic nitrogens is 2. The number of nitrogens with zero attached hydrogens (tertiary/aromatic N) is 3. The molecule has 0 fully saturated rings. The largest absolute Gasteiger partial charge is 0.497 e. The average Bonchev–Trinajstić information content (AvgIpc) is 2.52. The van der Waals surface area contributed by atoms with E-state index in [0.29, 0.717) is 18.0 Å². The predicted octanol–water partition coefficient (Wildman–Crippen LogP) is 1.47. The fourth-order valence-corrected chi connectivity index (χ4v) is 1.66. The number of aryl methyl sites for hydroxylation is 1. The average molecular weight is 288 g/mol.